The van der Waals surface area contributed by atoms with Gasteiger partial charge in [0.25, 0.3) is 0 Å². The lowest BCUT2D eigenvalue weighted by Gasteiger charge is -2.18. The maximum atomic E-state index is 13.3. The summed E-state index contributed by atoms with van der Waals surface area (Å²) in [6, 6.07) is 2.19. The number of nitrogens with one attached hydrogen (secondary N) is 1. The molecule has 0 heterocycles. The van der Waals surface area contributed by atoms with Gasteiger partial charge in [-0.15, -0.1) is 0 Å². The number of rotatable bonds is 4. The number of hydrogen-bond acceptors (Lipinski definition) is 2. The Morgan fingerprint density at radius 3 is 2.33 bits per heavy atom. The predicted octanol–water partition coefficient (Wildman–Crippen LogP) is 3.42. The first-order valence-electron chi connectivity index (χ1n) is 5.42. The van der Waals surface area contributed by atoms with Gasteiger partial charge in [0, 0.05) is 6.54 Å². The molecule has 0 saturated carbocycles. The van der Waals surface area contributed by atoms with Gasteiger partial charge in [-0.05, 0) is 38.5 Å². The maximum Gasteiger partial charge on any atom is 0.416 e. The zero-order valence-electron chi connectivity index (χ0n) is 10.1. The Morgan fingerprint density at radius 1 is 1.22 bits per heavy atom. The van der Waals surface area contributed by atoms with Crippen LogP contribution in [0.3, 0.4) is 0 Å². The summed E-state index contributed by atoms with van der Waals surface area (Å²) in [4.78, 5) is 0. The van der Waals surface area contributed by atoms with Gasteiger partial charge in [-0.25, -0.2) is 4.39 Å². The molecule has 1 aromatic carbocycles. The molecule has 0 aliphatic carbocycles. The van der Waals surface area contributed by atoms with Crippen LogP contribution in [0.1, 0.15) is 25.8 Å². The van der Waals surface area contributed by atoms with Gasteiger partial charge in [-0.2, -0.15) is 13.2 Å². The van der Waals surface area contributed by atoms with Crippen LogP contribution >= 0.6 is 0 Å². The minimum absolute atomic E-state index is 0.182. The lowest BCUT2D eigenvalue weighted by molar-refractivity contribution is -0.137. The zero-order chi connectivity index (χ0) is 14.0. The van der Waals surface area contributed by atoms with Crippen LogP contribution in [0, 0.1) is 5.82 Å². The number of benzene rings is 1. The van der Waals surface area contributed by atoms with Crippen LogP contribution in [-0.2, 0) is 6.18 Å². The minimum Gasteiger partial charge on any atom is -0.390 e. The van der Waals surface area contributed by atoms with Gasteiger partial charge in [0.15, 0.2) is 0 Å². The normalized spacial score (nSPS) is 12.6. The van der Waals surface area contributed by atoms with E-state index in [1.54, 1.807) is 13.8 Å². The summed E-state index contributed by atoms with van der Waals surface area (Å²) >= 11 is 0. The first-order valence-corrected chi connectivity index (χ1v) is 5.42. The van der Waals surface area contributed by atoms with Gasteiger partial charge in [0.05, 0.1) is 16.9 Å². The molecule has 102 valence electrons. The highest BCUT2D eigenvalue weighted by atomic mass is 19.4. The second-order valence-corrected chi connectivity index (χ2v) is 4.68. The third kappa shape index (κ3) is 4.52. The Kier molecular flexibility index (Phi) is 4.21. The van der Waals surface area contributed by atoms with Crippen LogP contribution in [0.4, 0.5) is 23.2 Å². The second-order valence-electron chi connectivity index (χ2n) is 4.68. The van der Waals surface area contributed by atoms with Crippen molar-refractivity contribution in [3.63, 3.8) is 0 Å². The van der Waals surface area contributed by atoms with Crippen LogP contribution in [0.5, 0.6) is 0 Å². The van der Waals surface area contributed by atoms with Crippen molar-refractivity contribution in [3.8, 4) is 0 Å². The van der Waals surface area contributed by atoms with E-state index >= 15 is 0 Å². The minimum atomic E-state index is -4.50. The molecule has 1 aromatic rings. The standard InChI is InChI=1S/C12H15F4NO/c1-11(2,18)5-6-17-10-7-8(12(14,15)16)3-4-9(10)13/h3-4,7,17-18H,5-6H2,1-2H3. The Hall–Kier alpha value is -1.30. The molecule has 0 unspecified atom stereocenters. The molecule has 0 radical (unpaired) electrons. The lowest BCUT2D eigenvalue weighted by Crippen LogP contribution is -2.23. The molecule has 0 aliphatic rings. The summed E-state index contributed by atoms with van der Waals surface area (Å²) < 4.78 is 50.5. The van der Waals surface area contributed by atoms with Gasteiger partial charge >= 0.3 is 6.18 Å². The van der Waals surface area contributed by atoms with E-state index < -0.39 is 23.2 Å². The molecule has 0 saturated heterocycles. The Balaban J connectivity index is 2.76. The van der Waals surface area contributed by atoms with Crippen molar-refractivity contribution in [2.24, 2.45) is 0 Å². The first-order chi connectivity index (χ1) is 8.09. The fourth-order valence-electron chi connectivity index (χ4n) is 1.34. The number of alkyl halides is 3. The average Bonchev–Trinajstić information content (AvgIpc) is 2.17. The van der Waals surface area contributed by atoms with Gasteiger partial charge in [0.1, 0.15) is 5.82 Å². The van der Waals surface area contributed by atoms with Gasteiger partial charge in [0.2, 0.25) is 0 Å². The second kappa shape index (κ2) is 5.14. The average molecular weight is 265 g/mol. The van der Waals surface area contributed by atoms with E-state index in [0.29, 0.717) is 12.5 Å². The largest absolute Gasteiger partial charge is 0.416 e. The monoisotopic (exact) mass is 265 g/mol. The predicted molar refractivity (Wildman–Crippen MR) is 60.8 cm³/mol. The molecule has 6 heteroatoms. The van der Waals surface area contributed by atoms with E-state index in [1.807, 2.05) is 0 Å². The van der Waals surface area contributed by atoms with Crippen molar-refractivity contribution in [2.45, 2.75) is 32.0 Å². The molecule has 2 N–H and O–H groups in total. The van der Waals surface area contributed by atoms with Crippen LogP contribution in [0.15, 0.2) is 18.2 Å². The topological polar surface area (TPSA) is 32.3 Å². The highest BCUT2D eigenvalue weighted by molar-refractivity contribution is 5.48. The fourth-order valence-corrected chi connectivity index (χ4v) is 1.34. The van der Waals surface area contributed by atoms with E-state index in [-0.39, 0.29) is 12.2 Å². The smallest absolute Gasteiger partial charge is 0.390 e. The van der Waals surface area contributed by atoms with Gasteiger partial charge in [-0.3, -0.25) is 0 Å². The molecule has 2 nitrogen and oxygen atoms in total. The number of aliphatic hydroxyl groups is 1. The highest BCUT2D eigenvalue weighted by Gasteiger charge is 2.31. The van der Waals surface area contributed by atoms with E-state index in [1.165, 1.54) is 0 Å². The van der Waals surface area contributed by atoms with Crippen molar-refractivity contribution >= 4 is 5.69 Å². The number of halogens is 4. The van der Waals surface area contributed by atoms with Crippen molar-refractivity contribution in [1.82, 2.24) is 0 Å². The van der Waals surface area contributed by atoms with E-state index in [4.69, 9.17) is 0 Å². The van der Waals surface area contributed by atoms with Crippen LogP contribution in [0.2, 0.25) is 0 Å². The van der Waals surface area contributed by atoms with Gasteiger partial charge in [-0.1, -0.05) is 0 Å². The van der Waals surface area contributed by atoms with Crippen LogP contribution < -0.4 is 5.32 Å². The fraction of sp³-hybridized carbons (Fsp3) is 0.500. The molecule has 0 amide bonds. The Labute approximate surface area is 103 Å². The molecular formula is C12H15F4NO. The number of hydrogen-bond donors (Lipinski definition) is 2. The Morgan fingerprint density at radius 2 is 1.83 bits per heavy atom. The van der Waals surface area contributed by atoms with Crippen molar-refractivity contribution < 1.29 is 22.7 Å². The molecule has 0 spiro atoms. The van der Waals surface area contributed by atoms with Crippen LogP contribution in [0.25, 0.3) is 0 Å². The third-order valence-electron chi connectivity index (χ3n) is 2.35. The van der Waals surface area contributed by atoms with E-state index in [9.17, 15) is 22.7 Å². The summed E-state index contributed by atoms with van der Waals surface area (Å²) in [6.07, 6.45) is -4.21. The molecule has 0 aromatic heterocycles. The summed E-state index contributed by atoms with van der Waals surface area (Å²) in [7, 11) is 0. The summed E-state index contributed by atoms with van der Waals surface area (Å²) in [5.74, 6) is -0.751. The molecule has 0 aliphatic heterocycles. The van der Waals surface area contributed by atoms with Crippen molar-refractivity contribution in [2.75, 3.05) is 11.9 Å². The first kappa shape index (κ1) is 14.8. The molecule has 0 bridgehead atoms. The SMILES string of the molecule is CC(C)(O)CCNc1cc(C(F)(F)F)ccc1F. The molecule has 18 heavy (non-hydrogen) atoms. The highest BCUT2D eigenvalue weighted by Crippen LogP contribution is 2.31. The summed E-state index contributed by atoms with van der Waals surface area (Å²) in [6.45, 7) is 3.32. The molecule has 1 rings (SSSR count). The lowest BCUT2D eigenvalue weighted by atomic mass is 10.1. The summed E-state index contributed by atoms with van der Waals surface area (Å²) in [5.41, 5.74) is -2.07. The van der Waals surface area contributed by atoms with Crippen molar-refractivity contribution in [3.05, 3.63) is 29.6 Å². The summed E-state index contributed by atoms with van der Waals surface area (Å²) in [5, 5.41) is 12.0. The number of anilines is 1. The van der Waals surface area contributed by atoms with E-state index in [2.05, 4.69) is 5.32 Å². The maximum absolute atomic E-state index is 13.3. The molecular weight excluding hydrogens is 250 g/mol. The van der Waals surface area contributed by atoms with E-state index in [0.717, 1.165) is 12.1 Å². The molecule has 0 fully saturated rings. The molecule has 0 atom stereocenters. The zero-order valence-corrected chi connectivity index (χ0v) is 10.1. The Bertz CT molecular complexity index is 410. The van der Waals surface area contributed by atoms with Crippen molar-refractivity contribution in [1.29, 1.82) is 0 Å². The third-order valence-corrected chi connectivity index (χ3v) is 2.35. The van der Waals surface area contributed by atoms with Crippen LogP contribution in [-0.4, -0.2) is 17.3 Å². The quantitative estimate of drug-likeness (QED) is 0.818. The van der Waals surface area contributed by atoms with Gasteiger partial charge < -0.3 is 10.4 Å².